The maximum absolute atomic E-state index is 11.7. The van der Waals surface area contributed by atoms with Crippen molar-refractivity contribution in [2.75, 3.05) is 11.9 Å². The molecule has 1 aromatic rings. The lowest BCUT2D eigenvalue weighted by atomic mass is 9.88. The molecule has 0 bridgehead atoms. The third-order valence-corrected chi connectivity index (χ3v) is 3.05. The van der Waals surface area contributed by atoms with Gasteiger partial charge in [-0.1, -0.05) is 13.8 Å². The van der Waals surface area contributed by atoms with Crippen LogP contribution in [0.25, 0.3) is 0 Å². The van der Waals surface area contributed by atoms with Gasteiger partial charge in [0, 0.05) is 18.8 Å². The second kappa shape index (κ2) is 7.76. The van der Waals surface area contributed by atoms with Gasteiger partial charge < -0.3 is 11.1 Å². The van der Waals surface area contributed by atoms with Crippen molar-refractivity contribution in [1.82, 2.24) is 9.97 Å². The van der Waals surface area contributed by atoms with Gasteiger partial charge in [-0.3, -0.25) is 9.78 Å². The standard InChI is InChI=1S/C13H22N4O/c1-10(2)11(5-6-14)3-4-13(18)17-12-9-15-7-8-16-12/h7-11H,3-6,14H2,1-2H3,(H,16,17,18). The van der Waals surface area contributed by atoms with Crippen LogP contribution in [0.15, 0.2) is 18.6 Å². The number of nitrogens with two attached hydrogens (primary N) is 1. The van der Waals surface area contributed by atoms with Crippen molar-refractivity contribution < 1.29 is 4.79 Å². The highest BCUT2D eigenvalue weighted by molar-refractivity contribution is 5.89. The predicted octanol–water partition coefficient (Wildman–Crippen LogP) is 1.82. The van der Waals surface area contributed by atoms with Gasteiger partial charge in [0.15, 0.2) is 5.82 Å². The summed E-state index contributed by atoms with van der Waals surface area (Å²) in [5, 5.41) is 2.73. The van der Waals surface area contributed by atoms with Crippen LogP contribution in [0.3, 0.4) is 0 Å². The number of carbonyl (C=O) groups is 1. The Labute approximate surface area is 108 Å². The van der Waals surface area contributed by atoms with Crippen LogP contribution in [0.4, 0.5) is 5.82 Å². The van der Waals surface area contributed by atoms with E-state index in [9.17, 15) is 4.79 Å². The number of hydrogen-bond acceptors (Lipinski definition) is 4. The SMILES string of the molecule is CC(C)C(CCN)CCC(=O)Nc1cnccn1. The van der Waals surface area contributed by atoms with E-state index in [0.717, 1.165) is 12.8 Å². The van der Waals surface area contributed by atoms with Crippen LogP contribution in [0.1, 0.15) is 33.1 Å². The third kappa shape index (κ3) is 5.23. The summed E-state index contributed by atoms with van der Waals surface area (Å²) >= 11 is 0. The molecule has 0 fully saturated rings. The second-order valence-electron chi connectivity index (χ2n) is 4.76. The zero-order valence-corrected chi connectivity index (χ0v) is 11.1. The fourth-order valence-corrected chi connectivity index (χ4v) is 1.91. The normalized spacial score (nSPS) is 12.4. The molecule has 5 heteroatoms. The van der Waals surface area contributed by atoms with E-state index >= 15 is 0 Å². The average Bonchev–Trinajstić information content (AvgIpc) is 2.35. The summed E-state index contributed by atoms with van der Waals surface area (Å²) in [6.45, 7) is 5.01. The van der Waals surface area contributed by atoms with Crippen molar-refractivity contribution in [3.05, 3.63) is 18.6 Å². The van der Waals surface area contributed by atoms with Crippen LogP contribution >= 0.6 is 0 Å². The Hall–Kier alpha value is -1.49. The largest absolute Gasteiger partial charge is 0.330 e. The molecule has 0 radical (unpaired) electrons. The van der Waals surface area contributed by atoms with Crippen molar-refractivity contribution in [1.29, 1.82) is 0 Å². The fourth-order valence-electron chi connectivity index (χ4n) is 1.91. The van der Waals surface area contributed by atoms with E-state index in [4.69, 9.17) is 5.73 Å². The Balaban J connectivity index is 2.36. The highest BCUT2D eigenvalue weighted by atomic mass is 16.1. The molecular weight excluding hydrogens is 228 g/mol. The number of carbonyl (C=O) groups excluding carboxylic acids is 1. The Morgan fingerprint density at radius 1 is 1.39 bits per heavy atom. The first-order chi connectivity index (χ1) is 8.63. The summed E-state index contributed by atoms with van der Waals surface area (Å²) in [6.07, 6.45) is 7.00. The molecule has 3 N–H and O–H groups in total. The van der Waals surface area contributed by atoms with Crippen LogP contribution in [0.2, 0.25) is 0 Å². The van der Waals surface area contributed by atoms with Gasteiger partial charge in [-0.05, 0) is 31.2 Å². The number of aromatic nitrogens is 2. The maximum atomic E-state index is 11.7. The van der Waals surface area contributed by atoms with Gasteiger partial charge in [-0.2, -0.15) is 0 Å². The van der Waals surface area contributed by atoms with Crippen LogP contribution in [-0.2, 0) is 4.79 Å². The molecule has 0 spiro atoms. The van der Waals surface area contributed by atoms with Gasteiger partial charge in [0.1, 0.15) is 0 Å². The second-order valence-corrected chi connectivity index (χ2v) is 4.76. The molecule has 0 aliphatic carbocycles. The van der Waals surface area contributed by atoms with Crippen LogP contribution < -0.4 is 11.1 Å². The number of hydrogen-bond donors (Lipinski definition) is 2. The summed E-state index contributed by atoms with van der Waals surface area (Å²) in [7, 11) is 0. The molecule has 0 aromatic carbocycles. The van der Waals surface area contributed by atoms with Gasteiger partial charge in [-0.15, -0.1) is 0 Å². The fraction of sp³-hybridized carbons (Fsp3) is 0.615. The van der Waals surface area contributed by atoms with Crippen LogP contribution in [-0.4, -0.2) is 22.4 Å². The molecule has 1 aromatic heterocycles. The molecule has 1 amide bonds. The molecular formula is C13H22N4O. The molecule has 1 atom stereocenters. The number of rotatable bonds is 7. The molecule has 0 saturated heterocycles. The Bertz CT molecular complexity index is 353. The molecule has 0 aliphatic heterocycles. The zero-order chi connectivity index (χ0) is 13.4. The quantitative estimate of drug-likeness (QED) is 0.773. The third-order valence-electron chi connectivity index (χ3n) is 3.05. The summed E-state index contributed by atoms with van der Waals surface area (Å²) in [5.41, 5.74) is 5.58. The molecule has 100 valence electrons. The van der Waals surface area contributed by atoms with Gasteiger partial charge in [0.2, 0.25) is 5.91 Å². The molecule has 0 saturated carbocycles. The van der Waals surface area contributed by atoms with Crippen molar-refractivity contribution >= 4 is 11.7 Å². The molecule has 1 rings (SSSR count). The van der Waals surface area contributed by atoms with Crippen molar-refractivity contribution in [2.24, 2.45) is 17.6 Å². The molecule has 18 heavy (non-hydrogen) atoms. The molecule has 5 nitrogen and oxygen atoms in total. The van der Waals surface area contributed by atoms with E-state index in [1.807, 2.05) is 0 Å². The highest BCUT2D eigenvalue weighted by Crippen LogP contribution is 2.20. The lowest BCUT2D eigenvalue weighted by Gasteiger charge is -2.19. The minimum atomic E-state index is -0.0156. The summed E-state index contributed by atoms with van der Waals surface area (Å²) in [6, 6.07) is 0. The monoisotopic (exact) mass is 250 g/mol. The predicted molar refractivity (Wildman–Crippen MR) is 71.9 cm³/mol. The van der Waals surface area contributed by atoms with E-state index < -0.39 is 0 Å². The van der Waals surface area contributed by atoms with Gasteiger partial charge >= 0.3 is 0 Å². The Morgan fingerprint density at radius 2 is 2.17 bits per heavy atom. The van der Waals surface area contributed by atoms with E-state index in [0.29, 0.717) is 30.6 Å². The summed E-state index contributed by atoms with van der Waals surface area (Å²) in [5.74, 6) is 1.54. The minimum Gasteiger partial charge on any atom is -0.330 e. The smallest absolute Gasteiger partial charge is 0.225 e. The average molecular weight is 250 g/mol. The number of nitrogens with one attached hydrogen (secondary N) is 1. The number of nitrogens with zero attached hydrogens (tertiary/aromatic N) is 2. The minimum absolute atomic E-state index is 0.0156. The van der Waals surface area contributed by atoms with Gasteiger partial charge in [-0.25, -0.2) is 4.98 Å². The van der Waals surface area contributed by atoms with Crippen LogP contribution in [0.5, 0.6) is 0 Å². The van der Waals surface area contributed by atoms with E-state index in [1.165, 1.54) is 6.20 Å². The van der Waals surface area contributed by atoms with Crippen molar-refractivity contribution in [3.63, 3.8) is 0 Å². The van der Waals surface area contributed by atoms with Crippen molar-refractivity contribution in [2.45, 2.75) is 33.1 Å². The Morgan fingerprint density at radius 3 is 2.72 bits per heavy atom. The zero-order valence-electron chi connectivity index (χ0n) is 11.1. The van der Waals surface area contributed by atoms with Crippen molar-refractivity contribution in [3.8, 4) is 0 Å². The first-order valence-corrected chi connectivity index (χ1v) is 6.39. The molecule has 1 unspecified atom stereocenters. The lowest BCUT2D eigenvalue weighted by Crippen LogP contribution is -2.18. The lowest BCUT2D eigenvalue weighted by molar-refractivity contribution is -0.116. The Kier molecular flexibility index (Phi) is 6.28. The van der Waals surface area contributed by atoms with Crippen LogP contribution in [0, 0.1) is 11.8 Å². The first-order valence-electron chi connectivity index (χ1n) is 6.39. The number of amides is 1. The van der Waals surface area contributed by atoms with Gasteiger partial charge in [0.25, 0.3) is 0 Å². The molecule has 0 aliphatic rings. The molecule has 1 heterocycles. The summed E-state index contributed by atoms with van der Waals surface area (Å²) < 4.78 is 0. The first kappa shape index (κ1) is 14.6. The van der Waals surface area contributed by atoms with Gasteiger partial charge in [0.05, 0.1) is 6.20 Å². The van der Waals surface area contributed by atoms with E-state index in [1.54, 1.807) is 12.4 Å². The summed E-state index contributed by atoms with van der Waals surface area (Å²) in [4.78, 5) is 19.6. The highest BCUT2D eigenvalue weighted by Gasteiger charge is 2.14. The number of anilines is 1. The maximum Gasteiger partial charge on any atom is 0.225 e. The topological polar surface area (TPSA) is 80.9 Å². The van der Waals surface area contributed by atoms with E-state index in [2.05, 4.69) is 29.1 Å². The van der Waals surface area contributed by atoms with E-state index in [-0.39, 0.29) is 5.91 Å².